The van der Waals surface area contributed by atoms with E-state index in [0.29, 0.717) is 0 Å². The third kappa shape index (κ3) is 3.96. The van der Waals surface area contributed by atoms with Gasteiger partial charge in [0.25, 0.3) is 0 Å². The zero-order valence-corrected chi connectivity index (χ0v) is 11.7. The van der Waals surface area contributed by atoms with Crippen molar-refractivity contribution in [3.05, 3.63) is 34.3 Å². The summed E-state index contributed by atoms with van der Waals surface area (Å²) >= 11 is 3.23. The topological polar surface area (TPSA) is 46.2 Å². The van der Waals surface area contributed by atoms with Gasteiger partial charge in [0.1, 0.15) is 0 Å². The van der Waals surface area contributed by atoms with Crippen molar-refractivity contribution in [2.45, 2.75) is 18.3 Å². The summed E-state index contributed by atoms with van der Waals surface area (Å²) in [6, 6.07) is 6.92. The van der Waals surface area contributed by atoms with Crippen molar-refractivity contribution in [3.63, 3.8) is 0 Å². The van der Waals surface area contributed by atoms with Crippen molar-refractivity contribution in [1.29, 1.82) is 0 Å². The van der Waals surface area contributed by atoms with Crippen LogP contribution < -0.4 is 4.72 Å². The first kappa shape index (κ1) is 15.5. The summed E-state index contributed by atoms with van der Waals surface area (Å²) in [5, 5.41) is 0. The molecule has 0 amide bonds. The second kappa shape index (κ2) is 5.58. The molecule has 0 aliphatic rings. The maximum absolute atomic E-state index is 12.1. The predicted octanol–water partition coefficient (Wildman–Crippen LogP) is 2.99. The third-order valence-electron chi connectivity index (χ3n) is 2.32. The van der Waals surface area contributed by atoms with E-state index >= 15 is 0 Å². The normalized spacial score (nSPS) is 14.5. The molecule has 1 aromatic carbocycles. The molecule has 0 bridgehead atoms. The molecule has 18 heavy (non-hydrogen) atoms. The Labute approximate surface area is 112 Å². The predicted molar refractivity (Wildman–Crippen MR) is 65.5 cm³/mol. The van der Waals surface area contributed by atoms with E-state index in [1.54, 1.807) is 35.9 Å². The summed E-state index contributed by atoms with van der Waals surface area (Å²) < 4.78 is 60.2. The average Bonchev–Trinajstić information content (AvgIpc) is 2.25. The van der Waals surface area contributed by atoms with Gasteiger partial charge in [-0.3, -0.25) is 0 Å². The van der Waals surface area contributed by atoms with Gasteiger partial charge in [-0.05, 0) is 23.6 Å². The van der Waals surface area contributed by atoms with Crippen molar-refractivity contribution in [2.75, 3.05) is 6.54 Å². The Balaban J connectivity index is 2.67. The minimum absolute atomic E-state index is 0.302. The van der Waals surface area contributed by atoms with Crippen LogP contribution in [0, 0.1) is 0 Å². The Morgan fingerprint density at radius 2 is 1.78 bits per heavy atom. The maximum Gasteiger partial charge on any atom is 0.511 e. The van der Waals surface area contributed by atoms with E-state index in [0.717, 1.165) is 10.0 Å². The number of hydrogen-bond acceptors (Lipinski definition) is 2. The molecule has 0 heterocycles. The van der Waals surface area contributed by atoms with E-state index in [1.165, 1.54) is 0 Å². The second-order valence-corrected chi connectivity index (χ2v) is 6.42. The van der Waals surface area contributed by atoms with Crippen LogP contribution in [0.5, 0.6) is 0 Å². The number of nitrogens with one attached hydrogen (secondary N) is 1. The highest BCUT2D eigenvalue weighted by Crippen LogP contribution is 2.23. The molecule has 0 aromatic heterocycles. The van der Waals surface area contributed by atoms with Gasteiger partial charge < -0.3 is 0 Å². The summed E-state index contributed by atoms with van der Waals surface area (Å²) in [7, 11) is -5.27. The minimum atomic E-state index is -5.27. The van der Waals surface area contributed by atoms with Crippen molar-refractivity contribution in [2.24, 2.45) is 0 Å². The van der Waals surface area contributed by atoms with Crippen LogP contribution in [0.25, 0.3) is 0 Å². The van der Waals surface area contributed by atoms with E-state index in [1.807, 2.05) is 0 Å². The maximum atomic E-state index is 12.1. The number of benzene rings is 1. The second-order valence-electron chi connectivity index (χ2n) is 3.75. The van der Waals surface area contributed by atoms with Gasteiger partial charge in [0.2, 0.25) is 0 Å². The standard InChI is InChI=1S/C10H11BrF3NO2S/c1-7(8-2-4-9(11)5-3-8)6-15-18(16,17)10(12,13)14/h2-5,7,15H,6H2,1H3. The van der Waals surface area contributed by atoms with Crippen LogP contribution in [0.3, 0.4) is 0 Å². The lowest BCUT2D eigenvalue weighted by molar-refractivity contribution is -0.0447. The fourth-order valence-electron chi connectivity index (χ4n) is 1.23. The number of sulfonamides is 1. The summed E-state index contributed by atoms with van der Waals surface area (Å²) in [6.45, 7) is 1.34. The lowest BCUT2D eigenvalue weighted by Gasteiger charge is -2.14. The monoisotopic (exact) mass is 345 g/mol. The van der Waals surface area contributed by atoms with Crippen LogP contribution in [-0.4, -0.2) is 20.5 Å². The molecule has 0 saturated heterocycles. The first-order valence-corrected chi connectivity index (χ1v) is 7.22. The molecule has 0 spiro atoms. The van der Waals surface area contributed by atoms with Crippen LogP contribution >= 0.6 is 15.9 Å². The van der Waals surface area contributed by atoms with E-state index in [-0.39, 0.29) is 12.5 Å². The summed E-state index contributed by atoms with van der Waals surface area (Å²) in [4.78, 5) is 0. The van der Waals surface area contributed by atoms with Crippen LogP contribution in [0.4, 0.5) is 13.2 Å². The van der Waals surface area contributed by atoms with Gasteiger partial charge in [-0.15, -0.1) is 0 Å². The van der Waals surface area contributed by atoms with Gasteiger partial charge in [0, 0.05) is 11.0 Å². The molecule has 1 rings (SSSR count). The molecule has 1 atom stereocenters. The zero-order valence-electron chi connectivity index (χ0n) is 9.33. The van der Waals surface area contributed by atoms with Crippen LogP contribution in [0.15, 0.2) is 28.7 Å². The number of halogens is 4. The lowest BCUT2D eigenvalue weighted by Crippen LogP contribution is -2.38. The van der Waals surface area contributed by atoms with Crippen molar-refractivity contribution < 1.29 is 21.6 Å². The average molecular weight is 346 g/mol. The van der Waals surface area contributed by atoms with E-state index in [9.17, 15) is 21.6 Å². The molecule has 1 aromatic rings. The highest BCUT2D eigenvalue weighted by atomic mass is 79.9. The molecular formula is C10H11BrF3NO2S. The van der Waals surface area contributed by atoms with Gasteiger partial charge in [-0.25, -0.2) is 13.1 Å². The summed E-state index contributed by atoms with van der Waals surface area (Å²) in [5.41, 5.74) is -4.52. The highest BCUT2D eigenvalue weighted by Gasteiger charge is 2.45. The Hall–Kier alpha value is -0.600. The molecule has 3 nitrogen and oxygen atoms in total. The molecule has 0 radical (unpaired) electrons. The van der Waals surface area contributed by atoms with Crippen LogP contribution in [0.1, 0.15) is 18.4 Å². The first-order chi connectivity index (χ1) is 8.13. The van der Waals surface area contributed by atoms with Crippen molar-refractivity contribution >= 4 is 26.0 Å². The largest absolute Gasteiger partial charge is 0.511 e. The van der Waals surface area contributed by atoms with Gasteiger partial charge in [0.05, 0.1) is 0 Å². The summed E-state index contributed by atoms with van der Waals surface area (Å²) in [6.07, 6.45) is 0. The van der Waals surface area contributed by atoms with Crippen molar-refractivity contribution in [3.8, 4) is 0 Å². The first-order valence-electron chi connectivity index (χ1n) is 4.95. The number of alkyl halides is 3. The Morgan fingerprint density at radius 1 is 1.28 bits per heavy atom. The Morgan fingerprint density at radius 3 is 2.22 bits per heavy atom. The molecule has 1 unspecified atom stereocenters. The van der Waals surface area contributed by atoms with E-state index < -0.39 is 15.5 Å². The van der Waals surface area contributed by atoms with Gasteiger partial charge >= 0.3 is 15.5 Å². The summed E-state index contributed by atoms with van der Waals surface area (Å²) in [5.74, 6) is -0.352. The molecular weight excluding hydrogens is 335 g/mol. The highest BCUT2D eigenvalue weighted by molar-refractivity contribution is 9.10. The quantitative estimate of drug-likeness (QED) is 0.911. The fraction of sp³-hybridized carbons (Fsp3) is 0.400. The van der Waals surface area contributed by atoms with Gasteiger partial charge in [-0.1, -0.05) is 35.0 Å². The molecule has 102 valence electrons. The molecule has 0 aliphatic carbocycles. The van der Waals surface area contributed by atoms with Crippen molar-refractivity contribution in [1.82, 2.24) is 4.72 Å². The molecule has 8 heteroatoms. The molecule has 0 fully saturated rings. The van der Waals surface area contributed by atoms with E-state index in [2.05, 4.69) is 15.9 Å². The van der Waals surface area contributed by atoms with Crippen LogP contribution in [0.2, 0.25) is 0 Å². The third-order valence-corrected chi connectivity index (χ3v) is 4.01. The van der Waals surface area contributed by atoms with Crippen LogP contribution in [-0.2, 0) is 10.0 Å². The van der Waals surface area contributed by atoms with Gasteiger partial charge in [0.15, 0.2) is 0 Å². The molecule has 0 aliphatic heterocycles. The Kier molecular flexibility index (Phi) is 4.79. The lowest BCUT2D eigenvalue weighted by atomic mass is 10.0. The zero-order chi connectivity index (χ0) is 14.0. The number of rotatable bonds is 4. The molecule has 1 N–H and O–H groups in total. The Bertz CT molecular complexity index is 499. The smallest absolute Gasteiger partial charge is 0.207 e. The SMILES string of the molecule is CC(CNS(=O)(=O)C(F)(F)F)c1ccc(Br)cc1. The fourth-order valence-corrected chi connectivity index (χ4v) is 2.12. The number of hydrogen-bond donors (Lipinski definition) is 1. The van der Waals surface area contributed by atoms with E-state index in [4.69, 9.17) is 0 Å². The minimum Gasteiger partial charge on any atom is -0.207 e. The molecule has 0 saturated carbocycles. The van der Waals surface area contributed by atoms with Gasteiger partial charge in [-0.2, -0.15) is 13.2 Å².